The van der Waals surface area contributed by atoms with Gasteiger partial charge in [0.1, 0.15) is 6.04 Å². The Balaban J connectivity index is 2.28. The smallest absolute Gasteiger partial charge is 0.429 e. The van der Waals surface area contributed by atoms with Crippen LogP contribution < -0.4 is 0 Å². The predicted molar refractivity (Wildman–Crippen MR) is 119 cm³/mol. The molecule has 1 saturated heterocycles. The van der Waals surface area contributed by atoms with E-state index in [9.17, 15) is 9.59 Å². The highest BCUT2D eigenvalue weighted by Gasteiger charge is 2.54. The quantitative estimate of drug-likeness (QED) is 0.442. The number of carbonyl (C=O) groups is 2. The van der Waals surface area contributed by atoms with Gasteiger partial charge in [-0.3, -0.25) is 0 Å². The molecule has 30 heavy (non-hydrogen) atoms. The van der Waals surface area contributed by atoms with Crippen molar-refractivity contribution in [2.24, 2.45) is 0 Å². The molecule has 0 radical (unpaired) electrons. The summed E-state index contributed by atoms with van der Waals surface area (Å²) in [5.41, 5.74) is 2.90. The fourth-order valence-corrected chi connectivity index (χ4v) is 3.96. The van der Waals surface area contributed by atoms with Crippen molar-refractivity contribution in [3.05, 3.63) is 42.0 Å². The SMILES string of the molecule is C=C(c1cccc(C)c1)[C@H]1[C@H](CCCCCCC)N(C(=O)OCC)N1C(=O)OCC. The van der Waals surface area contributed by atoms with Gasteiger partial charge in [-0.1, -0.05) is 75.4 Å². The molecule has 2 amide bonds. The first-order chi connectivity index (χ1) is 14.5. The maximum Gasteiger partial charge on any atom is 0.429 e. The minimum absolute atomic E-state index is 0.178. The fourth-order valence-electron chi connectivity index (χ4n) is 3.96. The zero-order chi connectivity index (χ0) is 22.1. The molecule has 0 unspecified atom stereocenters. The van der Waals surface area contributed by atoms with Gasteiger partial charge in [-0.15, -0.1) is 0 Å². The van der Waals surface area contributed by atoms with Gasteiger partial charge in [0.25, 0.3) is 0 Å². The summed E-state index contributed by atoms with van der Waals surface area (Å²) >= 11 is 0. The van der Waals surface area contributed by atoms with Crippen LogP contribution >= 0.6 is 0 Å². The first-order valence-corrected chi connectivity index (χ1v) is 11.1. The van der Waals surface area contributed by atoms with Crippen LogP contribution in [-0.4, -0.2) is 47.5 Å². The maximum atomic E-state index is 12.7. The molecule has 1 heterocycles. The minimum atomic E-state index is -0.549. The number of hydrogen-bond acceptors (Lipinski definition) is 4. The van der Waals surface area contributed by atoms with E-state index in [-0.39, 0.29) is 25.3 Å². The van der Waals surface area contributed by atoms with E-state index in [1.165, 1.54) is 29.3 Å². The van der Waals surface area contributed by atoms with Crippen molar-refractivity contribution in [3.63, 3.8) is 0 Å². The molecule has 2 rings (SSSR count). The van der Waals surface area contributed by atoms with E-state index in [4.69, 9.17) is 9.47 Å². The van der Waals surface area contributed by atoms with Crippen molar-refractivity contribution in [1.29, 1.82) is 0 Å². The van der Waals surface area contributed by atoms with Gasteiger partial charge in [-0.05, 0) is 38.3 Å². The molecule has 1 aliphatic rings. The maximum absolute atomic E-state index is 12.7. The molecule has 0 saturated carbocycles. The molecule has 166 valence electrons. The monoisotopic (exact) mass is 416 g/mol. The summed E-state index contributed by atoms with van der Waals surface area (Å²) in [7, 11) is 0. The highest BCUT2D eigenvalue weighted by Crippen LogP contribution is 2.39. The van der Waals surface area contributed by atoms with E-state index in [1.54, 1.807) is 13.8 Å². The molecule has 1 aliphatic heterocycles. The average Bonchev–Trinajstić information content (AvgIpc) is 2.69. The number of amides is 2. The van der Waals surface area contributed by atoms with Crippen molar-refractivity contribution in [2.75, 3.05) is 13.2 Å². The normalized spacial score (nSPS) is 18.0. The lowest BCUT2D eigenvalue weighted by molar-refractivity contribution is -0.147. The molecule has 0 spiro atoms. The van der Waals surface area contributed by atoms with Crippen molar-refractivity contribution in [2.45, 2.75) is 78.3 Å². The van der Waals surface area contributed by atoms with E-state index in [2.05, 4.69) is 19.6 Å². The number of ether oxygens (including phenoxy) is 2. The number of hydrazine groups is 1. The third kappa shape index (κ3) is 5.55. The molecule has 1 aromatic carbocycles. The van der Waals surface area contributed by atoms with Crippen LogP contribution in [0.5, 0.6) is 0 Å². The van der Waals surface area contributed by atoms with Gasteiger partial charge < -0.3 is 9.47 Å². The van der Waals surface area contributed by atoms with E-state index in [1.807, 2.05) is 25.1 Å². The third-order valence-corrected chi connectivity index (χ3v) is 5.43. The third-order valence-electron chi connectivity index (χ3n) is 5.43. The molecule has 6 nitrogen and oxygen atoms in total. The Morgan fingerprint density at radius 1 is 0.967 bits per heavy atom. The lowest BCUT2D eigenvalue weighted by Gasteiger charge is -2.55. The Labute approximate surface area is 180 Å². The Kier molecular flexibility index (Phi) is 9.21. The van der Waals surface area contributed by atoms with Gasteiger partial charge in [0.2, 0.25) is 0 Å². The Morgan fingerprint density at radius 3 is 2.20 bits per heavy atom. The van der Waals surface area contributed by atoms with Crippen LogP contribution in [-0.2, 0) is 9.47 Å². The van der Waals surface area contributed by atoms with Crippen LogP contribution in [0.3, 0.4) is 0 Å². The predicted octanol–water partition coefficient (Wildman–Crippen LogP) is 5.95. The van der Waals surface area contributed by atoms with Gasteiger partial charge in [-0.25, -0.2) is 19.6 Å². The summed E-state index contributed by atoms with van der Waals surface area (Å²) in [6.07, 6.45) is 5.37. The van der Waals surface area contributed by atoms with Crippen LogP contribution in [0.1, 0.15) is 70.4 Å². The summed E-state index contributed by atoms with van der Waals surface area (Å²) in [5, 5.41) is 2.80. The van der Waals surface area contributed by atoms with E-state index < -0.39 is 12.2 Å². The summed E-state index contributed by atoms with van der Waals surface area (Å²) in [6.45, 7) is 12.5. The largest absolute Gasteiger partial charge is 0.448 e. The Morgan fingerprint density at radius 2 is 1.60 bits per heavy atom. The minimum Gasteiger partial charge on any atom is -0.448 e. The zero-order valence-electron chi connectivity index (χ0n) is 18.9. The number of aryl methyl sites for hydroxylation is 1. The van der Waals surface area contributed by atoms with Crippen LogP contribution in [0, 0.1) is 6.92 Å². The lowest BCUT2D eigenvalue weighted by atomic mass is 9.86. The number of carbonyl (C=O) groups excluding carboxylic acids is 2. The number of unbranched alkanes of at least 4 members (excludes halogenated alkanes) is 4. The summed E-state index contributed by atoms with van der Waals surface area (Å²) in [4.78, 5) is 25.4. The van der Waals surface area contributed by atoms with Crippen molar-refractivity contribution >= 4 is 17.8 Å². The molecule has 6 heteroatoms. The first-order valence-electron chi connectivity index (χ1n) is 11.1. The molecule has 0 bridgehead atoms. The molecule has 0 N–H and O–H groups in total. The second-order valence-electron chi connectivity index (χ2n) is 7.70. The summed E-state index contributed by atoms with van der Waals surface area (Å²) < 4.78 is 10.5. The molecular weight excluding hydrogens is 380 g/mol. The zero-order valence-corrected chi connectivity index (χ0v) is 18.9. The Hall–Kier alpha value is -2.50. The second-order valence-corrected chi connectivity index (χ2v) is 7.70. The standard InChI is InChI=1S/C24H36N2O4/c1-6-9-10-11-12-16-21-22(19(5)20-15-13-14-18(4)17-20)26(24(28)30-8-3)25(21)23(27)29-7-2/h13-15,17,21-22H,5-12,16H2,1-4H3/t21-,22-/m0/s1. The Bertz CT molecular complexity index is 734. The van der Waals surface area contributed by atoms with Gasteiger partial charge in [0.05, 0.1) is 19.3 Å². The summed E-state index contributed by atoms with van der Waals surface area (Å²) in [5.74, 6) is 0. The topological polar surface area (TPSA) is 59.1 Å². The molecular formula is C24H36N2O4. The van der Waals surface area contributed by atoms with Crippen LogP contribution in [0.15, 0.2) is 30.8 Å². The molecule has 1 aromatic rings. The number of rotatable bonds is 10. The fraction of sp³-hybridized carbons (Fsp3) is 0.583. The van der Waals surface area contributed by atoms with Gasteiger partial charge in [0.15, 0.2) is 0 Å². The van der Waals surface area contributed by atoms with Gasteiger partial charge in [-0.2, -0.15) is 0 Å². The van der Waals surface area contributed by atoms with Crippen LogP contribution in [0.4, 0.5) is 9.59 Å². The average molecular weight is 417 g/mol. The number of hydrogen-bond donors (Lipinski definition) is 0. The van der Waals surface area contributed by atoms with Crippen molar-refractivity contribution in [3.8, 4) is 0 Å². The number of benzene rings is 1. The van der Waals surface area contributed by atoms with E-state index in [0.29, 0.717) is 0 Å². The highest BCUT2D eigenvalue weighted by molar-refractivity contribution is 5.82. The molecule has 2 atom stereocenters. The van der Waals surface area contributed by atoms with Gasteiger partial charge >= 0.3 is 12.2 Å². The van der Waals surface area contributed by atoms with Crippen LogP contribution in [0.25, 0.3) is 5.57 Å². The van der Waals surface area contributed by atoms with Crippen molar-refractivity contribution < 1.29 is 19.1 Å². The summed E-state index contributed by atoms with van der Waals surface area (Å²) in [6, 6.07) is 7.54. The molecule has 0 aromatic heterocycles. The first kappa shape index (κ1) is 23.8. The molecule has 1 fully saturated rings. The second kappa shape index (κ2) is 11.6. The molecule has 0 aliphatic carbocycles. The lowest BCUT2D eigenvalue weighted by Crippen LogP contribution is -2.74. The highest BCUT2D eigenvalue weighted by atomic mass is 16.6. The van der Waals surface area contributed by atoms with E-state index >= 15 is 0 Å². The van der Waals surface area contributed by atoms with Gasteiger partial charge in [0, 0.05) is 0 Å². The van der Waals surface area contributed by atoms with E-state index in [0.717, 1.165) is 36.0 Å². The van der Waals surface area contributed by atoms with Crippen LogP contribution in [0.2, 0.25) is 0 Å². The number of nitrogens with zero attached hydrogens (tertiary/aromatic N) is 2. The van der Waals surface area contributed by atoms with Crippen molar-refractivity contribution in [1.82, 2.24) is 10.0 Å².